The van der Waals surface area contributed by atoms with Crippen LogP contribution in [0.25, 0.3) is 0 Å². The van der Waals surface area contributed by atoms with Gasteiger partial charge in [-0.05, 0) is 29.0 Å². The maximum absolute atomic E-state index is 10.0. The molecule has 2 aromatic rings. The molecule has 1 unspecified atom stereocenters. The molecule has 0 saturated heterocycles. The summed E-state index contributed by atoms with van der Waals surface area (Å²) < 4.78 is 2.25. The van der Waals surface area contributed by atoms with Crippen molar-refractivity contribution < 1.29 is 5.11 Å². The minimum Gasteiger partial charge on any atom is -0.391 e. The van der Waals surface area contributed by atoms with Crippen LogP contribution in [0.3, 0.4) is 0 Å². The molecule has 20 heavy (non-hydrogen) atoms. The van der Waals surface area contributed by atoms with Crippen LogP contribution in [-0.4, -0.2) is 22.3 Å². The van der Waals surface area contributed by atoms with E-state index in [-0.39, 0.29) is 11.5 Å². The van der Waals surface area contributed by atoms with Crippen LogP contribution in [0, 0.1) is 5.41 Å². The zero-order valence-corrected chi connectivity index (χ0v) is 13.3. The van der Waals surface area contributed by atoms with E-state index in [1.165, 1.54) is 10.6 Å². The van der Waals surface area contributed by atoms with Crippen molar-refractivity contribution in [1.29, 1.82) is 0 Å². The summed E-state index contributed by atoms with van der Waals surface area (Å²) in [6.45, 7) is 8.49. The van der Waals surface area contributed by atoms with E-state index < -0.39 is 0 Å². The summed E-state index contributed by atoms with van der Waals surface area (Å²) in [5.41, 5.74) is 1.17. The summed E-state index contributed by atoms with van der Waals surface area (Å²) in [6.07, 6.45) is 1.78. The molecule has 0 radical (unpaired) electrons. The largest absolute Gasteiger partial charge is 0.391 e. The van der Waals surface area contributed by atoms with Gasteiger partial charge in [0.2, 0.25) is 0 Å². The van der Waals surface area contributed by atoms with Gasteiger partial charge in [-0.25, -0.2) is 0 Å². The lowest BCUT2D eigenvalue weighted by atomic mass is 9.89. The fourth-order valence-electron chi connectivity index (χ4n) is 1.98. The molecule has 2 aromatic heterocycles. The van der Waals surface area contributed by atoms with Crippen LogP contribution in [0.15, 0.2) is 35.8 Å². The van der Waals surface area contributed by atoms with Crippen molar-refractivity contribution in [3.05, 3.63) is 46.4 Å². The second kappa shape index (κ2) is 6.57. The van der Waals surface area contributed by atoms with Crippen LogP contribution in [-0.2, 0) is 13.1 Å². The standard InChI is InChI=1S/C16H24N2OS/c1-16(2,3)15(19)11-17-10-13-6-4-8-18(13)12-14-7-5-9-20-14/h4-9,15,17,19H,10-12H2,1-3H3. The van der Waals surface area contributed by atoms with Crippen molar-refractivity contribution >= 4 is 11.3 Å². The molecule has 1 atom stereocenters. The third kappa shape index (κ3) is 4.20. The fraction of sp³-hybridized carbons (Fsp3) is 0.500. The molecule has 0 fully saturated rings. The van der Waals surface area contributed by atoms with E-state index in [1.807, 2.05) is 0 Å². The highest BCUT2D eigenvalue weighted by Gasteiger charge is 2.21. The van der Waals surface area contributed by atoms with Crippen LogP contribution in [0.4, 0.5) is 0 Å². The number of thiophene rings is 1. The highest BCUT2D eigenvalue weighted by atomic mass is 32.1. The molecule has 110 valence electrons. The van der Waals surface area contributed by atoms with E-state index in [0.29, 0.717) is 6.54 Å². The molecule has 3 nitrogen and oxygen atoms in total. The average molecular weight is 292 g/mol. The first-order valence-electron chi connectivity index (χ1n) is 7.02. The first kappa shape index (κ1) is 15.3. The fourth-order valence-corrected chi connectivity index (χ4v) is 2.68. The summed E-state index contributed by atoms with van der Waals surface area (Å²) in [4.78, 5) is 1.36. The van der Waals surface area contributed by atoms with Crippen LogP contribution < -0.4 is 5.32 Å². The van der Waals surface area contributed by atoms with Crippen LogP contribution in [0.1, 0.15) is 31.3 Å². The van der Waals surface area contributed by atoms with Gasteiger partial charge in [0.1, 0.15) is 0 Å². The third-order valence-electron chi connectivity index (χ3n) is 3.47. The summed E-state index contributed by atoms with van der Waals surface area (Å²) in [5, 5.41) is 15.5. The van der Waals surface area contributed by atoms with Gasteiger partial charge < -0.3 is 15.0 Å². The summed E-state index contributed by atoms with van der Waals surface area (Å²) >= 11 is 1.78. The predicted molar refractivity (Wildman–Crippen MR) is 85.0 cm³/mol. The lowest BCUT2D eigenvalue weighted by Gasteiger charge is -2.26. The van der Waals surface area contributed by atoms with Crippen LogP contribution in [0.2, 0.25) is 0 Å². The Morgan fingerprint density at radius 1 is 1.30 bits per heavy atom. The van der Waals surface area contributed by atoms with Crippen molar-refractivity contribution in [2.24, 2.45) is 5.41 Å². The number of hydrogen-bond acceptors (Lipinski definition) is 3. The lowest BCUT2D eigenvalue weighted by Crippen LogP contribution is -2.36. The van der Waals surface area contributed by atoms with Crippen LogP contribution in [0.5, 0.6) is 0 Å². The number of nitrogens with zero attached hydrogens (tertiary/aromatic N) is 1. The van der Waals surface area contributed by atoms with Gasteiger partial charge in [-0.1, -0.05) is 26.8 Å². The molecule has 2 rings (SSSR count). The quantitative estimate of drug-likeness (QED) is 0.858. The molecule has 0 aromatic carbocycles. The monoisotopic (exact) mass is 292 g/mol. The maximum atomic E-state index is 10.0. The smallest absolute Gasteiger partial charge is 0.0712 e. The molecule has 0 spiro atoms. The molecule has 0 bridgehead atoms. The Morgan fingerprint density at radius 2 is 2.10 bits per heavy atom. The van der Waals surface area contributed by atoms with Gasteiger partial charge >= 0.3 is 0 Å². The topological polar surface area (TPSA) is 37.2 Å². The molecular formula is C16H24N2OS. The van der Waals surface area contributed by atoms with Crippen LogP contribution >= 0.6 is 11.3 Å². The van der Waals surface area contributed by atoms with E-state index in [2.05, 4.69) is 66.5 Å². The minimum atomic E-state index is -0.330. The number of aromatic nitrogens is 1. The molecule has 0 amide bonds. The van der Waals surface area contributed by atoms with E-state index in [0.717, 1.165) is 13.1 Å². The first-order valence-corrected chi connectivity index (χ1v) is 7.90. The van der Waals surface area contributed by atoms with Crippen molar-refractivity contribution in [3.63, 3.8) is 0 Å². The van der Waals surface area contributed by atoms with E-state index in [4.69, 9.17) is 0 Å². The van der Waals surface area contributed by atoms with E-state index in [1.54, 1.807) is 11.3 Å². The molecule has 0 aliphatic heterocycles. The zero-order chi connectivity index (χ0) is 14.6. The van der Waals surface area contributed by atoms with Gasteiger partial charge in [-0.3, -0.25) is 0 Å². The first-order chi connectivity index (χ1) is 9.47. The second-order valence-corrected chi connectivity index (χ2v) is 7.25. The number of aliphatic hydroxyl groups excluding tert-OH is 1. The summed E-state index contributed by atoms with van der Waals surface area (Å²) in [5.74, 6) is 0. The second-order valence-electron chi connectivity index (χ2n) is 6.22. The number of hydrogen-bond donors (Lipinski definition) is 2. The number of rotatable bonds is 6. The van der Waals surface area contributed by atoms with Crippen molar-refractivity contribution in [2.45, 2.75) is 40.0 Å². The lowest BCUT2D eigenvalue weighted by molar-refractivity contribution is 0.0626. The van der Waals surface area contributed by atoms with E-state index in [9.17, 15) is 5.11 Å². The Kier molecular flexibility index (Phi) is 5.02. The average Bonchev–Trinajstić information content (AvgIpc) is 3.01. The Morgan fingerprint density at radius 3 is 2.75 bits per heavy atom. The van der Waals surface area contributed by atoms with Gasteiger partial charge in [0.25, 0.3) is 0 Å². The van der Waals surface area contributed by atoms with Gasteiger partial charge in [0.15, 0.2) is 0 Å². The SMILES string of the molecule is CC(C)(C)C(O)CNCc1cccn1Cc1cccs1. The molecule has 0 aliphatic carbocycles. The van der Waals surface area contributed by atoms with Gasteiger partial charge in [0, 0.05) is 29.9 Å². The number of nitrogens with one attached hydrogen (secondary N) is 1. The normalized spacial score (nSPS) is 13.6. The van der Waals surface area contributed by atoms with Crippen molar-refractivity contribution in [1.82, 2.24) is 9.88 Å². The number of aliphatic hydroxyl groups is 1. The summed E-state index contributed by atoms with van der Waals surface area (Å²) in [7, 11) is 0. The third-order valence-corrected chi connectivity index (χ3v) is 4.33. The molecule has 4 heteroatoms. The minimum absolute atomic E-state index is 0.0774. The Hall–Kier alpha value is -1.10. The molecule has 0 aliphatic rings. The van der Waals surface area contributed by atoms with Crippen molar-refractivity contribution in [2.75, 3.05) is 6.54 Å². The maximum Gasteiger partial charge on any atom is 0.0712 e. The van der Waals surface area contributed by atoms with Gasteiger partial charge in [0.05, 0.1) is 12.6 Å². The zero-order valence-electron chi connectivity index (χ0n) is 12.5. The highest BCUT2D eigenvalue weighted by Crippen LogP contribution is 2.18. The van der Waals surface area contributed by atoms with Gasteiger partial charge in [-0.2, -0.15) is 0 Å². The molecule has 2 N–H and O–H groups in total. The molecule has 2 heterocycles. The van der Waals surface area contributed by atoms with E-state index >= 15 is 0 Å². The predicted octanol–water partition coefficient (Wildman–Crippen LogP) is 3.09. The Labute approximate surface area is 125 Å². The molecular weight excluding hydrogens is 268 g/mol. The Balaban J connectivity index is 1.86. The Bertz CT molecular complexity index is 511. The highest BCUT2D eigenvalue weighted by molar-refractivity contribution is 7.09. The van der Waals surface area contributed by atoms with Crippen molar-refractivity contribution in [3.8, 4) is 0 Å². The molecule has 0 saturated carbocycles. The summed E-state index contributed by atoms with van der Waals surface area (Å²) in [6, 6.07) is 8.45. The van der Waals surface area contributed by atoms with Gasteiger partial charge in [-0.15, -0.1) is 11.3 Å².